The third kappa shape index (κ3) is 1.68. The Labute approximate surface area is 53.4 Å². The van der Waals surface area contributed by atoms with Crippen molar-refractivity contribution in [3.8, 4) is 0 Å². The molecule has 0 radical (unpaired) electrons. The Morgan fingerprint density at radius 3 is 3.22 bits per heavy atom. The number of hydrogen-bond acceptors (Lipinski definition) is 3. The number of nitrogens with zero attached hydrogens (tertiary/aromatic N) is 2. The van der Waals surface area contributed by atoms with Crippen LogP contribution < -0.4 is 0 Å². The first-order chi connectivity index (χ1) is 4.43. The third-order valence-electron chi connectivity index (χ3n) is 0.943. The van der Waals surface area contributed by atoms with Gasteiger partial charge in [0.15, 0.2) is 5.82 Å². The molecule has 0 bridgehead atoms. The fourth-order valence-corrected chi connectivity index (χ4v) is 0.506. The van der Waals surface area contributed by atoms with E-state index >= 15 is 0 Å². The minimum atomic E-state index is 0.730. The van der Waals surface area contributed by atoms with Gasteiger partial charge < -0.3 is 4.52 Å². The molecule has 48 valence electrons. The molecule has 0 saturated heterocycles. The zero-order valence-electron chi connectivity index (χ0n) is 5.24. The van der Waals surface area contributed by atoms with Gasteiger partial charge in [0.2, 0.25) is 6.39 Å². The van der Waals surface area contributed by atoms with Crippen molar-refractivity contribution in [1.82, 2.24) is 10.1 Å². The normalized spacial score (nSPS) is 10.8. The van der Waals surface area contributed by atoms with Gasteiger partial charge in [-0.05, 0) is 6.92 Å². The first-order valence-electron chi connectivity index (χ1n) is 2.80. The maximum atomic E-state index is 4.52. The van der Waals surface area contributed by atoms with Crippen LogP contribution in [0.2, 0.25) is 0 Å². The molecule has 0 unspecified atom stereocenters. The highest BCUT2D eigenvalue weighted by atomic mass is 16.5. The highest BCUT2D eigenvalue weighted by molar-refractivity contribution is 4.90. The largest absolute Gasteiger partial charge is 0.343 e. The summed E-state index contributed by atoms with van der Waals surface area (Å²) in [5.74, 6) is 0.730. The lowest BCUT2D eigenvalue weighted by molar-refractivity contribution is 0.411. The van der Waals surface area contributed by atoms with Gasteiger partial charge in [-0.25, -0.2) is 0 Å². The van der Waals surface area contributed by atoms with Crippen LogP contribution in [0.1, 0.15) is 12.7 Å². The van der Waals surface area contributed by atoms with Crippen LogP contribution in [0, 0.1) is 0 Å². The Kier molecular flexibility index (Phi) is 2.01. The van der Waals surface area contributed by atoms with Crippen LogP contribution in [-0.2, 0) is 6.42 Å². The van der Waals surface area contributed by atoms with Crippen LogP contribution >= 0.6 is 0 Å². The monoisotopic (exact) mass is 124 g/mol. The summed E-state index contributed by atoms with van der Waals surface area (Å²) in [6.07, 6.45) is 6.02. The molecule has 3 nitrogen and oxygen atoms in total. The van der Waals surface area contributed by atoms with Crippen LogP contribution in [-0.4, -0.2) is 10.1 Å². The van der Waals surface area contributed by atoms with Crippen molar-refractivity contribution in [3.05, 3.63) is 24.4 Å². The van der Waals surface area contributed by atoms with Gasteiger partial charge in [-0.3, -0.25) is 0 Å². The molecule has 0 aliphatic heterocycles. The molecule has 0 aromatic carbocycles. The lowest BCUT2D eigenvalue weighted by Crippen LogP contribution is -1.81. The van der Waals surface area contributed by atoms with Gasteiger partial charge in [-0.15, -0.1) is 0 Å². The molecule has 0 aliphatic rings. The summed E-state index contributed by atoms with van der Waals surface area (Å²) in [7, 11) is 0. The second kappa shape index (κ2) is 3.02. The molecule has 0 aliphatic carbocycles. The SMILES string of the molecule is C/C=C/Cc1ncon1. The van der Waals surface area contributed by atoms with E-state index in [9.17, 15) is 0 Å². The molecule has 0 amide bonds. The van der Waals surface area contributed by atoms with Gasteiger partial charge in [0.25, 0.3) is 0 Å². The van der Waals surface area contributed by atoms with Crippen LogP contribution in [0.3, 0.4) is 0 Å². The number of rotatable bonds is 2. The molecule has 1 aromatic heterocycles. The second-order valence-electron chi connectivity index (χ2n) is 1.62. The highest BCUT2D eigenvalue weighted by Crippen LogP contribution is 1.89. The van der Waals surface area contributed by atoms with Gasteiger partial charge >= 0.3 is 0 Å². The van der Waals surface area contributed by atoms with E-state index in [1.807, 2.05) is 19.1 Å². The van der Waals surface area contributed by atoms with Gasteiger partial charge in [0.1, 0.15) is 0 Å². The van der Waals surface area contributed by atoms with Crippen molar-refractivity contribution >= 4 is 0 Å². The summed E-state index contributed by atoms with van der Waals surface area (Å²) in [4.78, 5) is 3.82. The number of allylic oxidation sites excluding steroid dienone is 2. The van der Waals surface area contributed by atoms with E-state index in [4.69, 9.17) is 0 Å². The Hall–Kier alpha value is -1.12. The van der Waals surface area contributed by atoms with Gasteiger partial charge in [0, 0.05) is 6.42 Å². The predicted octanol–water partition coefficient (Wildman–Crippen LogP) is 1.19. The average molecular weight is 124 g/mol. The lowest BCUT2D eigenvalue weighted by atomic mass is 10.4. The van der Waals surface area contributed by atoms with E-state index in [0.29, 0.717) is 0 Å². The Morgan fingerprint density at radius 2 is 2.67 bits per heavy atom. The molecule has 3 heteroatoms. The zero-order chi connectivity index (χ0) is 6.53. The van der Waals surface area contributed by atoms with Crippen molar-refractivity contribution in [2.75, 3.05) is 0 Å². The van der Waals surface area contributed by atoms with E-state index in [1.165, 1.54) is 6.39 Å². The maximum absolute atomic E-state index is 4.52. The average Bonchev–Trinajstić information content (AvgIpc) is 2.34. The van der Waals surface area contributed by atoms with Gasteiger partial charge in [0.05, 0.1) is 0 Å². The fraction of sp³-hybridized carbons (Fsp3) is 0.333. The second-order valence-corrected chi connectivity index (χ2v) is 1.62. The van der Waals surface area contributed by atoms with E-state index in [2.05, 4.69) is 14.7 Å². The molecule has 0 fully saturated rings. The molecule has 0 saturated carbocycles. The van der Waals surface area contributed by atoms with Crippen molar-refractivity contribution in [1.29, 1.82) is 0 Å². The third-order valence-corrected chi connectivity index (χ3v) is 0.943. The molecular formula is C6H8N2O. The quantitative estimate of drug-likeness (QED) is 0.556. The van der Waals surface area contributed by atoms with E-state index in [0.717, 1.165) is 12.2 Å². The summed E-state index contributed by atoms with van der Waals surface area (Å²) >= 11 is 0. The van der Waals surface area contributed by atoms with Crippen LogP contribution in [0.5, 0.6) is 0 Å². The molecule has 1 aromatic rings. The van der Waals surface area contributed by atoms with Gasteiger partial charge in [-0.1, -0.05) is 17.3 Å². The lowest BCUT2D eigenvalue weighted by Gasteiger charge is -1.78. The molecular weight excluding hydrogens is 116 g/mol. The van der Waals surface area contributed by atoms with Crippen molar-refractivity contribution in [2.45, 2.75) is 13.3 Å². The van der Waals surface area contributed by atoms with Gasteiger partial charge in [-0.2, -0.15) is 4.98 Å². The molecule has 9 heavy (non-hydrogen) atoms. The minimum Gasteiger partial charge on any atom is -0.343 e. The zero-order valence-corrected chi connectivity index (χ0v) is 5.24. The number of hydrogen-bond donors (Lipinski definition) is 0. The standard InChI is InChI=1S/C6H8N2O/c1-2-3-4-6-7-5-9-8-6/h2-3,5H,4H2,1H3/b3-2+. The molecule has 1 heterocycles. The van der Waals surface area contributed by atoms with E-state index in [-0.39, 0.29) is 0 Å². The van der Waals surface area contributed by atoms with Crippen molar-refractivity contribution in [3.63, 3.8) is 0 Å². The Balaban J connectivity index is 2.48. The Bertz CT molecular complexity index is 179. The highest BCUT2D eigenvalue weighted by Gasteiger charge is 1.90. The summed E-state index contributed by atoms with van der Waals surface area (Å²) in [5.41, 5.74) is 0. The van der Waals surface area contributed by atoms with Crippen LogP contribution in [0.4, 0.5) is 0 Å². The summed E-state index contributed by atoms with van der Waals surface area (Å²) < 4.78 is 4.52. The number of aromatic nitrogens is 2. The van der Waals surface area contributed by atoms with Crippen LogP contribution in [0.25, 0.3) is 0 Å². The first-order valence-corrected chi connectivity index (χ1v) is 2.80. The van der Waals surface area contributed by atoms with Crippen LogP contribution in [0.15, 0.2) is 23.1 Å². The molecule has 0 N–H and O–H groups in total. The molecule has 0 atom stereocenters. The molecule has 1 rings (SSSR count). The van der Waals surface area contributed by atoms with Crippen molar-refractivity contribution < 1.29 is 4.52 Å². The van der Waals surface area contributed by atoms with E-state index < -0.39 is 0 Å². The summed E-state index contributed by atoms with van der Waals surface area (Å²) in [5, 5.41) is 3.62. The maximum Gasteiger partial charge on any atom is 0.213 e. The fourth-order valence-electron chi connectivity index (χ4n) is 0.506. The minimum absolute atomic E-state index is 0.730. The summed E-state index contributed by atoms with van der Waals surface area (Å²) in [6.45, 7) is 1.96. The smallest absolute Gasteiger partial charge is 0.213 e. The van der Waals surface area contributed by atoms with Crippen molar-refractivity contribution in [2.24, 2.45) is 0 Å². The topological polar surface area (TPSA) is 38.9 Å². The summed E-state index contributed by atoms with van der Waals surface area (Å²) in [6, 6.07) is 0. The first kappa shape index (κ1) is 6.01. The molecule has 0 spiro atoms. The van der Waals surface area contributed by atoms with E-state index in [1.54, 1.807) is 0 Å². The Morgan fingerprint density at radius 1 is 1.78 bits per heavy atom. The predicted molar refractivity (Wildman–Crippen MR) is 32.8 cm³/mol.